The summed E-state index contributed by atoms with van der Waals surface area (Å²) in [5, 5.41) is 15.9. The Morgan fingerprint density at radius 3 is 2.47 bits per heavy atom. The van der Waals surface area contributed by atoms with Crippen LogP contribution < -0.4 is 15.4 Å². The van der Waals surface area contributed by atoms with Crippen molar-refractivity contribution in [2.24, 2.45) is 11.8 Å². The van der Waals surface area contributed by atoms with Gasteiger partial charge < -0.3 is 30.3 Å². The number of carbonyl (C=O) groups excluding carboxylic acids is 2. The van der Waals surface area contributed by atoms with Crippen molar-refractivity contribution in [1.82, 2.24) is 15.1 Å². The van der Waals surface area contributed by atoms with E-state index in [0.29, 0.717) is 23.5 Å². The summed E-state index contributed by atoms with van der Waals surface area (Å²) in [7, 11) is 2.17. The number of carbonyl (C=O) groups is 2. The van der Waals surface area contributed by atoms with Crippen molar-refractivity contribution in [3.05, 3.63) is 23.8 Å². The van der Waals surface area contributed by atoms with E-state index >= 15 is 0 Å². The minimum atomic E-state index is -0.317. The normalized spacial score (nSPS) is 24.2. The Labute approximate surface area is 228 Å². The number of anilines is 1. The SMILES string of the molecule is C[C@H]1CN([C@@H](C)CO)C(=O)c2cc(NC(=O)NC3CCCCC3)ccc2O[C@@H]1CN(C)CC1CCCCC1. The number of benzene rings is 1. The summed E-state index contributed by atoms with van der Waals surface area (Å²) in [5.74, 6) is 1.18. The van der Waals surface area contributed by atoms with Gasteiger partial charge in [-0.05, 0) is 63.8 Å². The number of likely N-dealkylation sites (N-methyl/N-ethyl adjacent to an activating group) is 1. The average molecular weight is 529 g/mol. The van der Waals surface area contributed by atoms with Crippen LogP contribution in [0.4, 0.5) is 10.5 Å². The zero-order chi connectivity index (χ0) is 27.1. The first-order valence-corrected chi connectivity index (χ1v) is 14.8. The molecule has 2 aliphatic carbocycles. The summed E-state index contributed by atoms with van der Waals surface area (Å²) < 4.78 is 6.54. The Bertz CT molecular complexity index is 929. The Morgan fingerprint density at radius 1 is 1.11 bits per heavy atom. The van der Waals surface area contributed by atoms with E-state index in [-0.39, 0.29) is 42.7 Å². The summed E-state index contributed by atoms with van der Waals surface area (Å²) in [4.78, 5) is 30.5. The predicted octanol–water partition coefficient (Wildman–Crippen LogP) is 4.87. The molecule has 0 spiro atoms. The summed E-state index contributed by atoms with van der Waals surface area (Å²) >= 11 is 0. The Morgan fingerprint density at radius 2 is 1.79 bits per heavy atom. The molecule has 2 fully saturated rings. The highest BCUT2D eigenvalue weighted by molar-refractivity contribution is 5.99. The van der Waals surface area contributed by atoms with Crippen molar-refractivity contribution < 1.29 is 19.4 Å². The lowest BCUT2D eigenvalue weighted by Crippen LogP contribution is -2.50. The number of rotatable bonds is 8. The average Bonchev–Trinajstić information content (AvgIpc) is 2.91. The number of aliphatic hydroxyl groups excluding tert-OH is 1. The molecule has 0 aromatic heterocycles. The second kappa shape index (κ2) is 13.7. The number of hydrogen-bond donors (Lipinski definition) is 3. The molecule has 2 saturated carbocycles. The molecule has 38 heavy (non-hydrogen) atoms. The quantitative estimate of drug-likeness (QED) is 0.447. The van der Waals surface area contributed by atoms with E-state index in [1.54, 1.807) is 23.1 Å². The monoisotopic (exact) mass is 528 g/mol. The summed E-state index contributed by atoms with van der Waals surface area (Å²) in [6, 6.07) is 4.97. The Balaban J connectivity index is 1.50. The van der Waals surface area contributed by atoms with Gasteiger partial charge in [0.1, 0.15) is 11.9 Å². The first kappa shape index (κ1) is 28.7. The Kier molecular flexibility index (Phi) is 10.3. The van der Waals surface area contributed by atoms with Crippen LogP contribution in [-0.2, 0) is 0 Å². The maximum absolute atomic E-state index is 13.7. The van der Waals surface area contributed by atoms with Gasteiger partial charge in [-0.15, -0.1) is 0 Å². The molecule has 0 unspecified atom stereocenters. The van der Waals surface area contributed by atoms with Gasteiger partial charge in [0.05, 0.1) is 18.2 Å². The van der Waals surface area contributed by atoms with Crippen molar-refractivity contribution in [1.29, 1.82) is 0 Å². The van der Waals surface area contributed by atoms with Gasteiger partial charge in [0.25, 0.3) is 5.91 Å². The van der Waals surface area contributed by atoms with Crippen LogP contribution >= 0.6 is 0 Å². The van der Waals surface area contributed by atoms with E-state index in [1.807, 2.05) is 6.92 Å². The van der Waals surface area contributed by atoms with Gasteiger partial charge in [0.2, 0.25) is 0 Å². The van der Waals surface area contributed by atoms with Crippen molar-refractivity contribution in [3.8, 4) is 5.75 Å². The van der Waals surface area contributed by atoms with Gasteiger partial charge in [0.15, 0.2) is 0 Å². The standard InChI is InChI=1S/C30H48N4O4/c1-21-17-34(22(2)20-35)29(36)26-16-25(32-30(37)31-24-12-8-5-9-13-24)14-15-27(26)38-28(21)19-33(3)18-23-10-6-4-7-11-23/h14-16,21-24,28,35H,4-13,17-20H2,1-3H3,(H2,31,32,37)/t21-,22-,28+/m0/s1. The summed E-state index contributed by atoms with van der Waals surface area (Å²) in [6.45, 7) is 6.23. The lowest BCUT2D eigenvalue weighted by Gasteiger charge is -2.38. The van der Waals surface area contributed by atoms with E-state index in [9.17, 15) is 14.7 Å². The van der Waals surface area contributed by atoms with E-state index in [4.69, 9.17) is 4.74 Å². The van der Waals surface area contributed by atoms with Crippen molar-refractivity contribution in [2.75, 3.05) is 38.6 Å². The van der Waals surface area contributed by atoms with Crippen LogP contribution in [0.25, 0.3) is 0 Å². The first-order valence-electron chi connectivity index (χ1n) is 14.8. The molecular weight excluding hydrogens is 480 g/mol. The van der Waals surface area contributed by atoms with Gasteiger partial charge in [-0.25, -0.2) is 4.79 Å². The third-order valence-corrected chi connectivity index (χ3v) is 8.65. The van der Waals surface area contributed by atoms with Crippen molar-refractivity contribution >= 4 is 17.6 Å². The number of ether oxygens (including phenoxy) is 1. The second-order valence-electron chi connectivity index (χ2n) is 12.0. The molecule has 1 aromatic carbocycles. The number of nitrogens with zero attached hydrogens (tertiary/aromatic N) is 2. The third kappa shape index (κ3) is 7.63. The molecule has 4 rings (SSSR count). The van der Waals surface area contributed by atoms with Crippen LogP contribution in [0.5, 0.6) is 5.75 Å². The highest BCUT2D eigenvalue weighted by Gasteiger charge is 2.34. The predicted molar refractivity (Wildman–Crippen MR) is 151 cm³/mol. The minimum absolute atomic E-state index is 0.0916. The van der Waals surface area contributed by atoms with Crippen LogP contribution in [0.2, 0.25) is 0 Å². The van der Waals surface area contributed by atoms with Gasteiger partial charge >= 0.3 is 6.03 Å². The van der Waals surface area contributed by atoms with E-state index in [0.717, 1.165) is 44.7 Å². The fourth-order valence-corrected chi connectivity index (χ4v) is 6.31. The number of urea groups is 1. The van der Waals surface area contributed by atoms with Crippen LogP contribution in [0.1, 0.15) is 88.4 Å². The highest BCUT2D eigenvalue weighted by Crippen LogP contribution is 2.31. The molecule has 212 valence electrons. The van der Waals surface area contributed by atoms with Crippen LogP contribution in [0.3, 0.4) is 0 Å². The maximum atomic E-state index is 13.7. The van der Waals surface area contributed by atoms with Crippen molar-refractivity contribution in [3.63, 3.8) is 0 Å². The molecule has 3 N–H and O–H groups in total. The van der Waals surface area contributed by atoms with Gasteiger partial charge in [-0.2, -0.15) is 0 Å². The molecule has 3 amide bonds. The van der Waals surface area contributed by atoms with E-state index in [1.165, 1.54) is 38.5 Å². The number of aliphatic hydroxyl groups is 1. The fraction of sp³-hybridized carbons (Fsp3) is 0.733. The van der Waals surface area contributed by atoms with Gasteiger partial charge in [0, 0.05) is 37.3 Å². The molecule has 0 saturated heterocycles. The van der Waals surface area contributed by atoms with Gasteiger partial charge in [-0.1, -0.05) is 45.4 Å². The zero-order valence-electron chi connectivity index (χ0n) is 23.6. The fourth-order valence-electron chi connectivity index (χ4n) is 6.31. The molecule has 1 aromatic rings. The van der Waals surface area contributed by atoms with Crippen molar-refractivity contribution in [2.45, 2.75) is 96.2 Å². The Hall–Kier alpha value is -2.32. The molecule has 1 aliphatic heterocycles. The molecule has 0 radical (unpaired) electrons. The lowest BCUT2D eigenvalue weighted by molar-refractivity contribution is 0.0330. The number of hydrogen-bond acceptors (Lipinski definition) is 5. The molecule has 1 heterocycles. The molecule has 3 aliphatic rings. The summed E-state index contributed by atoms with van der Waals surface area (Å²) in [6.07, 6.45) is 12.0. The summed E-state index contributed by atoms with van der Waals surface area (Å²) in [5.41, 5.74) is 0.984. The van der Waals surface area contributed by atoms with Gasteiger partial charge in [-0.3, -0.25) is 4.79 Å². The second-order valence-corrected chi connectivity index (χ2v) is 12.0. The van der Waals surface area contributed by atoms with E-state index in [2.05, 4.69) is 29.5 Å². The number of amides is 3. The maximum Gasteiger partial charge on any atom is 0.319 e. The number of fused-ring (bicyclic) bond motifs is 1. The first-order chi connectivity index (χ1) is 18.3. The zero-order valence-corrected chi connectivity index (χ0v) is 23.6. The molecule has 3 atom stereocenters. The lowest BCUT2D eigenvalue weighted by atomic mass is 9.89. The van der Waals surface area contributed by atoms with Crippen LogP contribution in [0, 0.1) is 11.8 Å². The number of nitrogens with one attached hydrogen (secondary N) is 2. The van der Waals surface area contributed by atoms with Crippen LogP contribution in [-0.4, -0.2) is 78.3 Å². The highest BCUT2D eigenvalue weighted by atomic mass is 16.5. The third-order valence-electron chi connectivity index (χ3n) is 8.65. The molecular formula is C30H48N4O4. The smallest absolute Gasteiger partial charge is 0.319 e. The molecule has 0 bridgehead atoms. The topological polar surface area (TPSA) is 94.1 Å². The molecule has 8 nitrogen and oxygen atoms in total. The largest absolute Gasteiger partial charge is 0.488 e. The van der Waals surface area contributed by atoms with Crippen LogP contribution in [0.15, 0.2) is 18.2 Å². The minimum Gasteiger partial charge on any atom is -0.488 e. The molecule has 8 heteroatoms. The van der Waals surface area contributed by atoms with E-state index < -0.39 is 0 Å².